The molecule has 2 nitrogen and oxygen atoms in total. The quantitative estimate of drug-likeness (QED) is 0.560. The SMILES string of the molecule is Cc1c(O)cc(F)c(C)c1N. The Morgan fingerprint density at radius 3 is 2.45 bits per heavy atom. The van der Waals surface area contributed by atoms with Gasteiger partial charge in [-0.25, -0.2) is 4.39 Å². The number of halogens is 1. The second kappa shape index (κ2) is 2.42. The molecule has 0 aliphatic heterocycles. The summed E-state index contributed by atoms with van der Waals surface area (Å²) in [6.45, 7) is 3.23. The lowest BCUT2D eigenvalue weighted by molar-refractivity contribution is 0.464. The van der Waals surface area contributed by atoms with Crippen LogP contribution in [-0.4, -0.2) is 5.11 Å². The minimum atomic E-state index is -0.467. The van der Waals surface area contributed by atoms with Crippen LogP contribution in [0.5, 0.6) is 5.75 Å². The zero-order chi connectivity index (χ0) is 8.59. The Bertz CT molecular complexity index is 270. The van der Waals surface area contributed by atoms with Crippen molar-refractivity contribution >= 4 is 5.69 Å². The third-order valence-corrected chi connectivity index (χ3v) is 1.81. The van der Waals surface area contributed by atoms with Gasteiger partial charge in [-0.3, -0.25) is 0 Å². The average molecular weight is 155 g/mol. The molecule has 0 amide bonds. The first-order valence-corrected chi connectivity index (χ1v) is 3.28. The van der Waals surface area contributed by atoms with Crippen LogP contribution >= 0.6 is 0 Å². The molecule has 0 bridgehead atoms. The number of benzene rings is 1. The monoisotopic (exact) mass is 155 g/mol. The van der Waals surface area contributed by atoms with E-state index in [0.29, 0.717) is 16.8 Å². The molecular formula is C8H10FNO. The van der Waals surface area contributed by atoms with E-state index in [0.717, 1.165) is 6.07 Å². The van der Waals surface area contributed by atoms with E-state index in [-0.39, 0.29) is 5.75 Å². The Morgan fingerprint density at radius 1 is 1.36 bits per heavy atom. The lowest BCUT2D eigenvalue weighted by Gasteiger charge is -2.06. The summed E-state index contributed by atoms with van der Waals surface area (Å²) < 4.78 is 12.8. The van der Waals surface area contributed by atoms with Gasteiger partial charge in [0.2, 0.25) is 0 Å². The molecular weight excluding hydrogens is 145 g/mol. The third-order valence-electron chi connectivity index (χ3n) is 1.81. The molecule has 0 atom stereocenters. The Balaban J connectivity index is 3.46. The number of hydrogen-bond donors (Lipinski definition) is 2. The molecule has 0 saturated heterocycles. The molecule has 0 heterocycles. The van der Waals surface area contributed by atoms with Crippen LogP contribution in [0.4, 0.5) is 10.1 Å². The molecule has 0 spiro atoms. The molecule has 1 rings (SSSR count). The van der Waals surface area contributed by atoms with Crippen LogP contribution in [0.2, 0.25) is 0 Å². The van der Waals surface area contributed by atoms with E-state index in [1.54, 1.807) is 13.8 Å². The predicted octanol–water partition coefficient (Wildman–Crippen LogP) is 1.73. The van der Waals surface area contributed by atoms with Gasteiger partial charge in [0.25, 0.3) is 0 Å². The third kappa shape index (κ3) is 1.13. The van der Waals surface area contributed by atoms with Crippen molar-refractivity contribution in [2.75, 3.05) is 5.73 Å². The smallest absolute Gasteiger partial charge is 0.131 e. The number of anilines is 1. The minimum Gasteiger partial charge on any atom is -0.507 e. The first kappa shape index (κ1) is 7.85. The summed E-state index contributed by atoms with van der Waals surface area (Å²) in [5.41, 5.74) is 6.73. The molecule has 3 heteroatoms. The van der Waals surface area contributed by atoms with Gasteiger partial charge in [0, 0.05) is 22.9 Å². The second-order valence-corrected chi connectivity index (χ2v) is 2.54. The van der Waals surface area contributed by atoms with Gasteiger partial charge in [0.1, 0.15) is 11.6 Å². The van der Waals surface area contributed by atoms with E-state index in [1.807, 2.05) is 0 Å². The molecule has 0 fully saturated rings. The summed E-state index contributed by atoms with van der Waals surface area (Å²) in [4.78, 5) is 0. The molecule has 0 saturated carbocycles. The summed E-state index contributed by atoms with van der Waals surface area (Å²) in [5, 5.41) is 9.09. The minimum absolute atomic E-state index is 0.0920. The van der Waals surface area contributed by atoms with Crippen molar-refractivity contribution in [3.8, 4) is 5.75 Å². The average Bonchev–Trinajstić information content (AvgIpc) is 1.97. The van der Waals surface area contributed by atoms with Gasteiger partial charge in [0.05, 0.1) is 0 Å². The zero-order valence-electron chi connectivity index (χ0n) is 6.48. The normalized spacial score (nSPS) is 10.1. The van der Waals surface area contributed by atoms with E-state index in [4.69, 9.17) is 10.8 Å². The zero-order valence-corrected chi connectivity index (χ0v) is 6.48. The van der Waals surface area contributed by atoms with Crippen molar-refractivity contribution in [3.63, 3.8) is 0 Å². The van der Waals surface area contributed by atoms with Crippen LogP contribution in [-0.2, 0) is 0 Å². The summed E-state index contributed by atoms with van der Waals surface area (Å²) >= 11 is 0. The van der Waals surface area contributed by atoms with Crippen LogP contribution < -0.4 is 5.73 Å². The Morgan fingerprint density at radius 2 is 1.91 bits per heavy atom. The van der Waals surface area contributed by atoms with Crippen LogP contribution in [0.25, 0.3) is 0 Å². The van der Waals surface area contributed by atoms with Crippen molar-refractivity contribution in [2.24, 2.45) is 0 Å². The molecule has 0 radical (unpaired) electrons. The Labute approximate surface area is 64.5 Å². The number of hydrogen-bond acceptors (Lipinski definition) is 2. The summed E-state index contributed by atoms with van der Waals surface area (Å²) in [6.07, 6.45) is 0. The molecule has 60 valence electrons. The number of rotatable bonds is 0. The number of nitrogen functional groups attached to an aromatic ring is 1. The standard InChI is InChI=1S/C8H10FNO/c1-4-6(9)3-7(11)5(2)8(4)10/h3,11H,10H2,1-2H3. The van der Waals surface area contributed by atoms with Crippen LogP contribution in [0.1, 0.15) is 11.1 Å². The Kier molecular flexibility index (Phi) is 1.72. The van der Waals surface area contributed by atoms with Gasteiger partial charge < -0.3 is 10.8 Å². The molecule has 1 aromatic rings. The van der Waals surface area contributed by atoms with E-state index in [2.05, 4.69) is 0 Å². The first-order valence-electron chi connectivity index (χ1n) is 3.28. The number of aromatic hydroxyl groups is 1. The largest absolute Gasteiger partial charge is 0.507 e. The highest BCUT2D eigenvalue weighted by molar-refractivity contribution is 5.58. The van der Waals surface area contributed by atoms with Gasteiger partial charge >= 0.3 is 0 Å². The molecule has 0 aliphatic rings. The molecule has 0 aliphatic carbocycles. The molecule has 11 heavy (non-hydrogen) atoms. The maximum Gasteiger partial charge on any atom is 0.131 e. The summed E-state index contributed by atoms with van der Waals surface area (Å²) in [7, 11) is 0. The Hall–Kier alpha value is -1.25. The van der Waals surface area contributed by atoms with E-state index >= 15 is 0 Å². The maximum atomic E-state index is 12.8. The number of nitrogens with two attached hydrogens (primary N) is 1. The molecule has 1 aromatic carbocycles. The highest BCUT2D eigenvalue weighted by atomic mass is 19.1. The summed E-state index contributed by atoms with van der Waals surface area (Å²) in [5.74, 6) is -0.559. The highest BCUT2D eigenvalue weighted by Crippen LogP contribution is 2.27. The van der Waals surface area contributed by atoms with Crippen molar-refractivity contribution in [2.45, 2.75) is 13.8 Å². The molecule has 3 N–H and O–H groups in total. The van der Waals surface area contributed by atoms with Gasteiger partial charge in [-0.2, -0.15) is 0 Å². The van der Waals surface area contributed by atoms with Crippen molar-refractivity contribution < 1.29 is 9.50 Å². The van der Waals surface area contributed by atoms with Crippen molar-refractivity contribution in [3.05, 3.63) is 23.0 Å². The van der Waals surface area contributed by atoms with Gasteiger partial charge in [-0.05, 0) is 13.8 Å². The van der Waals surface area contributed by atoms with Crippen LogP contribution in [0.3, 0.4) is 0 Å². The van der Waals surface area contributed by atoms with Crippen molar-refractivity contribution in [1.82, 2.24) is 0 Å². The second-order valence-electron chi connectivity index (χ2n) is 2.54. The van der Waals surface area contributed by atoms with Crippen LogP contribution in [0.15, 0.2) is 6.07 Å². The topological polar surface area (TPSA) is 46.2 Å². The van der Waals surface area contributed by atoms with E-state index < -0.39 is 5.82 Å². The fourth-order valence-electron chi connectivity index (χ4n) is 0.884. The van der Waals surface area contributed by atoms with Gasteiger partial charge in [-0.15, -0.1) is 0 Å². The lowest BCUT2D eigenvalue weighted by Crippen LogP contribution is -1.96. The van der Waals surface area contributed by atoms with Gasteiger partial charge in [0.15, 0.2) is 0 Å². The fraction of sp³-hybridized carbons (Fsp3) is 0.250. The number of phenols is 1. The highest BCUT2D eigenvalue weighted by Gasteiger charge is 2.08. The van der Waals surface area contributed by atoms with Crippen molar-refractivity contribution in [1.29, 1.82) is 0 Å². The lowest BCUT2D eigenvalue weighted by atomic mass is 10.1. The van der Waals surface area contributed by atoms with Crippen LogP contribution in [0, 0.1) is 19.7 Å². The first-order chi connectivity index (χ1) is 5.04. The molecule has 0 aromatic heterocycles. The maximum absolute atomic E-state index is 12.8. The van der Waals surface area contributed by atoms with E-state index in [9.17, 15) is 4.39 Å². The predicted molar refractivity (Wildman–Crippen MR) is 42.0 cm³/mol. The fourth-order valence-corrected chi connectivity index (χ4v) is 0.884. The summed E-state index contributed by atoms with van der Waals surface area (Å²) in [6, 6.07) is 1.07. The number of phenolic OH excluding ortho intramolecular Hbond substituents is 1. The molecule has 0 unspecified atom stereocenters. The van der Waals surface area contributed by atoms with Gasteiger partial charge in [-0.1, -0.05) is 0 Å². The van der Waals surface area contributed by atoms with E-state index in [1.165, 1.54) is 0 Å².